The molecule has 1 atom stereocenters. The molecule has 1 aromatic carbocycles. The molecule has 5 nitrogen and oxygen atoms in total. The standard InChI is InChI=1S/C14H14ClN3O2/c1-2-11(20-12-7-4-3-6-10(12)15)14(19)17-13-8-5-9-16-18-13/h3-9,11H,2H2,1H3,(H,17,18,19)/t11-/m0/s1. The number of para-hydroxylation sites is 1. The van der Waals surface area contributed by atoms with Crippen LogP contribution in [0.3, 0.4) is 0 Å². The maximum absolute atomic E-state index is 12.1. The number of carbonyl (C=O) groups excluding carboxylic acids is 1. The average molecular weight is 292 g/mol. The van der Waals surface area contributed by atoms with Crippen LogP contribution in [0.25, 0.3) is 0 Å². The number of rotatable bonds is 5. The largest absolute Gasteiger partial charge is 0.479 e. The first kappa shape index (κ1) is 14.3. The minimum absolute atomic E-state index is 0.284. The molecule has 0 aliphatic carbocycles. The van der Waals surface area contributed by atoms with Crippen LogP contribution in [0.15, 0.2) is 42.6 Å². The van der Waals surface area contributed by atoms with Crippen LogP contribution in [0, 0.1) is 0 Å². The van der Waals surface area contributed by atoms with E-state index in [-0.39, 0.29) is 5.91 Å². The highest BCUT2D eigenvalue weighted by molar-refractivity contribution is 6.32. The van der Waals surface area contributed by atoms with Crippen LogP contribution < -0.4 is 10.1 Å². The molecule has 2 rings (SSSR count). The Balaban J connectivity index is 2.05. The van der Waals surface area contributed by atoms with Gasteiger partial charge in [-0.25, -0.2) is 0 Å². The first-order valence-electron chi connectivity index (χ1n) is 6.20. The first-order valence-corrected chi connectivity index (χ1v) is 6.58. The summed E-state index contributed by atoms with van der Waals surface area (Å²) in [5, 5.41) is 10.6. The number of halogens is 1. The molecule has 0 aliphatic rings. The Morgan fingerprint density at radius 2 is 2.15 bits per heavy atom. The number of hydrogen-bond acceptors (Lipinski definition) is 4. The van der Waals surface area contributed by atoms with Crippen molar-refractivity contribution in [1.29, 1.82) is 0 Å². The van der Waals surface area contributed by atoms with Crippen molar-refractivity contribution in [2.75, 3.05) is 5.32 Å². The molecule has 1 heterocycles. The Hall–Kier alpha value is -2.14. The van der Waals surface area contributed by atoms with Gasteiger partial charge in [0.25, 0.3) is 5.91 Å². The number of anilines is 1. The summed E-state index contributed by atoms with van der Waals surface area (Å²) in [6, 6.07) is 10.4. The van der Waals surface area contributed by atoms with Gasteiger partial charge in [0.1, 0.15) is 5.75 Å². The summed E-state index contributed by atoms with van der Waals surface area (Å²) in [5.41, 5.74) is 0. The van der Waals surface area contributed by atoms with Crippen LogP contribution in [0.1, 0.15) is 13.3 Å². The third kappa shape index (κ3) is 3.68. The number of nitrogens with one attached hydrogen (secondary N) is 1. The van der Waals surface area contributed by atoms with E-state index in [0.717, 1.165) is 0 Å². The van der Waals surface area contributed by atoms with Gasteiger partial charge in [-0.3, -0.25) is 4.79 Å². The second kappa shape index (κ2) is 6.86. The van der Waals surface area contributed by atoms with Gasteiger partial charge in [0.2, 0.25) is 0 Å². The monoisotopic (exact) mass is 291 g/mol. The second-order valence-corrected chi connectivity index (χ2v) is 4.45. The normalized spacial score (nSPS) is 11.7. The lowest BCUT2D eigenvalue weighted by atomic mass is 10.2. The number of aromatic nitrogens is 2. The SMILES string of the molecule is CC[C@H](Oc1ccccc1Cl)C(=O)Nc1cccnn1. The number of carbonyl (C=O) groups is 1. The maximum Gasteiger partial charge on any atom is 0.266 e. The van der Waals surface area contributed by atoms with Gasteiger partial charge in [-0.05, 0) is 30.7 Å². The Labute approximate surface area is 121 Å². The van der Waals surface area contributed by atoms with E-state index >= 15 is 0 Å². The highest BCUT2D eigenvalue weighted by Gasteiger charge is 2.19. The minimum atomic E-state index is -0.642. The van der Waals surface area contributed by atoms with E-state index < -0.39 is 6.10 Å². The van der Waals surface area contributed by atoms with E-state index in [0.29, 0.717) is 23.0 Å². The zero-order valence-electron chi connectivity index (χ0n) is 10.9. The number of nitrogens with zero attached hydrogens (tertiary/aromatic N) is 2. The van der Waals surface area contributed by atoms with E-state index in [4.69, 9.17) is 16.3 Å². The quantitative estimate of drug-likeness (QED) is 0.920. The van der Waals surface area contributed by atoms with Crippen molar-refractivity contribution >= 4 is 23.3 Å². The fraction of sp³-hybridized carbons (Fsp3) is 0.214. The molecule has 0 fully saturated rings. The predicted molar refractivity (Wildman–Crippen MR) is 76.8 cm³/mol. The number of hydrogen-bond donors (Lipinski definition) is 1. The smallest absolute Gasteiger partial charge is 0.266 e. The zero-order chi connectivity index (χ0) is 14.4. The molecule has 20 heavy (non-hydrogen) atoms. The van der Waals surface area contributed by atoms with Gasteiger partial charge in [0.15, 0.2) is 11.9 Å². The van der Waals surface area contributed by atoms with Crippen LogP contribution in [-0.4, -0.2) is 22.2 Å². The van der Waals surface area contributed by atoms with Crippen molar-refractivity contribution in [2.24, 2.45) is 0 Å². The van der Waals surface area contributed by atoms with Crippen LogP contribution in [0.2, 0.25) is 5.02 Å². The summed E-state index contributed by atoms with van der Waals surface area (Å²) in [5.74, 6) is 0.585. The van der Waals surface area contributed by atoms with Gasteiger partial charge < -0.3 is 10.1 Å². The average Bonchev–Trinajstić information content (AvgIpc) is 2.47. The first-order chi connectivity index (χ1) is 9.70. The lowest BCUT2D eigenvalue weighted by Gasteiger charge is -2.17. The van der Waals surface area contributed by atoms with E-state index in [2.05, 4.69) is 15.5 Å². The molecule has 104 valence electrons. The molecule has 0 saturated carbocycles. The highest BCUT2D eigenvalue weighted by Crippen LogP contribution is 2.25. The Kier molecular flexibility index (Phi) is 4.90. The molecular weight excluding hydrogens is 278 g/mol. The van der Waals surface area contributed by atoms with Gasteiger partial charge in [-0.2, -0.15) is 5.10 Å². The summed E-state index contributed by atoms with van der Waals surface area (Å²) >= 11 is 6.01. The molecule has 0 aliphatic heterocycles. The fourth-order valence-electron chi connectivity index (χ4n) is 1.59. The van der Waals surface area contributed by atoms with Crippen LogP contribution in [0.4, 0.5) is 5.82 Å². The topological polar surface area (TPSA) is 64.1 Å². The number of benzene rings is 1. The van der Waals surface area contributed by atoms with Crippen LogP contribution in [-0.2, 0) is 4.79 Å². The van der Waals surface area contributed by atoms with Crippen LogP contribution in [0.5, 0.6) is 5.75 Å². The summed E-state index contributed by atoms with van der Waals surface area (Å²) in [7, 11) is 0. The van der Waals surface area contributed by atoms with E-state index in [9.17, 15) is 4.79 Å². The Morgan fingerprint density at radius 1 is 1.35 bits per heavy atom. The summed E-state index contributed by atoms with van der Waals surface area (Å²) < 4.78 is 5.64. The molecule has 0 bridgehead atoms. The van der Waals surface area contributed by atoms with Crippen molar-refractivity contribution in [3.8, 4) is 5.75 Å². The summed E-state index contributed by atoms with van der Waals surface area (Å²) in [6.45, 7) is 1.86. The molecule has 0 saturated heterocycles. The number of amides is 1. The van der Waals surface area contributed by atoms with Crippen molar-refractivity contribution < 1.29 is 9.53 Å². The van der Waals surface area contributed by atoms with E-state index in [1.165, 1.54) is 6.20 Å². The third-order valence-corrected chi connectivity index (χ3v) is 2.90. The molecule has 2 aromatic rings. The van der Waals surface area contributed by atoms with Gasteiger partial charge >= 0.3 is 0 Å². The summed E-state index contributed by atoms with van der Waals surface area (Å²) in [6.07, 6.45) is 1.40. The lowest BCUT2D eigenvalue weighted by Crippen LogP contribution is -2.32. The summed E-state index contributed by atoms with van der Waals surface area (Å²) in [4.78, 5) is 12.1. The molecule has 1 N–H and O–H groups in total. The van der Waals surface area contributed by atoms with Gasteiger partial charge in [-0.15, -0.1) is 5.10 Å². The van der Waals surface area contributed by atoms with Gasteiger partial charge in [-0.1, -0.05) is 30.7 Å². The molecule has 6 heteroatoms. The van der Waals surface area contributed by atoms with E-state index in [1.807, 2.05) is 6.92 Å². The van der Waals surface area contributed by atoms with Gasteiger partial charge in [0.05, 0.1) is 5.02 Å². The maximum atomic E-state index is 12.1. The molecule has 0 spiro atoms. The van der Waals surface area contributed by atoms with Crippen LogP contribution >= 0.6 is 11.6 Å². The molecule has 0 radical (unpaired) electrons. The Morgan fingerprint density at radius 3 is 2.80 bits per heavy atom. The molecule has 0 unspecified atom stereocenters. The molecular formula is C14H14ClN3O2. The van der Waals surface area contributed by atoms with Crippen molar-refractivity contribution in [1.82, 2.24) is 10.2 Å². The number of ether oxygens (including phenoxy) is 1. The third-order valence-electron chi connectivity index (χ3n) is 2.59. The minimum Gasteiger partial charge on any atom is -0.479 e. The molecule has 1 aromatic heterocycles. The highest BCUT2D eigenvalue weighted by atomic mass is 35.5. The Bertz CT molecular complexity index is 578. The van der Waals surface area contributed by atoms with Crippen molar-refractivity contribution in [3.05, 3.63) is 47.6 Å². The van der Waals surface area contributed by atoms with Gasteiger partial charge in [0, 0.05) is 6.20 Å². The van der Waals surface area contributed by atoms with Crippen molar-refractivity contribution in [3.63, 3.8) is 0 Å². The second-order valence-electron chi connectivity index (χ2n) is 4.04. The van der Waals surface area contributed by atoms with Crippen molar-refractivity contribution in [2.45, 2.75) is 19.4 Å². The lowest BCUT2D eigenvalue weighted by molar-refractivity contribution is -0.122. The fourth-order valence-corrected chi connectivity index (χ4v) is 1.77. The zero-order valence-corrected chi connectivity index (χ0v) is 11.7. The van der Waals surface area contributed by atoms with E-state index in [1.54, 1.807) is 36.4 Å². The molecule has 1 amide bonds. The predicted octanol–water partition coefficient (Wildman–Crippen LogP) is 2.93.